The van der Waals surface area contributed by atoms with Gasteiger partial charge in [-0.1, -0.05) is 18.2 Å². The van der Waals surface area contributed by atoms with Crippen molar-refractivity contribution in [2.24, 2.45) is 0 Å². The monoisotopic (exact) mass is 150 g/mol. The molecule has 0 aliphatic heterocycles. The Balaban J connectivity index is 2.65. The number of carbonyl (C=O) groups is 1. The lowest BCUT2D eigenvalue weighted by molar-refractivity contribution is -0.113. The van der Waals surface area contributed by atoms with Gasteiger partial charge in [0.15, 0.2) is 5.78 Å². The minimum Gasteiger partial charge on any atom is -0.295 e. The summed E-state index contributed by atoms with van der Waals surface area (Å²) < 4.78 is 0. The molecule has 0 aromatic heterocycles. The summed E-state index contributed by atoms with van der Waals surface area (Å²) in [4.78, 5) is 11.0. The predicted octanol–water partition coefficient (Wildman–Crippen LogP) is 2.63. The van der Waals surface area contributed by atoms with Crippen molar-refractivity contribution in [3.05, 3.63) is 23.8 Å². The molecule has 0 heterocycles. The van der Waals surface area contributed by atoms with Crippen LogP contribution in [0.15, 0.2) is 23.8 Å². The quantitative estimate of drug-likeness (QED) is 0.561. The molecule has 1 aliphatic carbocycles. The summed E-state index contributed by atoms with van der Waals surface area (Å²) in [5.74, 6) is 0.219. The number of ketones is 1. The van der Waals surface area contributed by atoms with Gasteiger partial charge in [0.1, 0.15) is 0 Å². The van der Waals surface area contributed by atoms with Crippen LogP contribution in [0.5, 0.6) is 0 Å². The number of Topliss-reactive ketones (excluding diaryl/α,β-unsaturated/α-hetero) is 1. The van der Waals surface area contributed by atoms with Gasteiger partial charge in [0.2, 0.25) is 0 Å². The molecule has 0 fully saturated rings. The van der Waals surface area contributed by atoms with E-state index >= 15 is 0 Å². The molecular weight excluding hydrogens is 136 g/mol. The summed E-state index contributed by atoms with van der Waals surface area (Å²) in [5.41, 5.74) is 0.973. The molecule has 11 heavy (non-hydrogen) atoms. The third-order valence-electron chi connectivity index (χ3n) is 1.95. The van der Waals surface area contributed by atoms with Crippen LogP contribution in [-0.2, 0) is 4.79 Å². The van der Waals surface area contributed by atoms with E-state index in [9.17, 15) is 4.79 Å². The topological polar surface area (TPSA) is 17.1 Å². The molecule has 60 valence electrons. The van der Waals surface area contributed by atoms with Gasteiger partial charge in [-0.25, -0.2) is 0 Å². The first-order valence-electron chi connectivity index (χ1n) is 4.17. The van der Waals surface area contributed by atoms with Crippen molar-refractivity contribution in [1.29, 1.82) is 0 Å². The van der Waals surface area contributed by atoms with Gasteiger partial charge < -0.3 is 0 Å². The first kappa shape index (κ1) is 8.25. The lowest BCUT2D eigenvalue weighted by Crippen LogP contribution is -1.97. The summed E-state index contributed by atoms with van der Waals surface area (Å²) in [6.45, 7) is 1.64. The first-order valence-corrected chi connectivity index (χ1v) is 4.17. The van der Waals surface area contributed by atoms with Crippen LogP contribution in [0.1, 0.15) is 32.6 Å². The Morgan fingerprint density at radius 2 is 2.27 bits per heavy atom. The van der Waals surface area contributed by atoms with Gasteiger partial charge in [-0.2, -0.15) is 0 Å². The van der Waals surface area contributed by atoms with E-state index in [0.717, 1.165) is 24.8 Å². The van der Waals surface area contributed by atoms with Crippen LogP contribution in [0.4, 0.5) is 0 Å². The second-order valence-electron chi connectivity index (χ2n) is 2.92. The van der Waals surface area contributed by atoms with Gasteiger partial charge in [0.05, 0.1) is 0 Å². The van der Waals surface area contributed by atoms with E-state index in [1.165, 1.54) is 6.42 Å². The Bertz CT molecular complexity index is 199. The van der Waals surface area contributed by atoms with E-state index in [1.54, 1.807) is 6.92 Å². The summed E-state index contributed by atoms with van der Waals surface area (Å²) >= 11 is 0. The number of carbonyl (C=O) groups excluding carboxylic acids is 1. The summed E-state index contributed by atoms with van der Waals surface area (Å²) in [6.07, 6.45) is 10.5. The maximum Gasteiger partial charge on any atom is 0.155 e. The Labute approximate surface area is 67.8 Å². The Kier molecular flexibility index (Phi) is 3.09. The van der Waals surface area contributed by atoms with Crippen molar-refractivity contribution in [3.8, 4) is 0 Å². The molecule has 1 rings (SSSR count). The summed E-state index contributed by atoms with van der Waals surface area (Å²) in [6, 6.07) is 0. The molecule has 0 saturated carbocycles. The Hall–Kier alpha value is -0.850. The fraction of sp³-hybridized carbons (Fsp3) is 0.500. The van der Waals surface area contributed by atoms with Crippen molar-refractivity contribution in [2.45, 2.75) is 32.6 Å². The maximum absolute atomic E-state index is 11.0. The third kappa shape index (κ3) is 2.71. The van der Waals surface area contributed by atoms with Crippen molar-refractivity contribution in [1.82, 2.24) is 0 Å². The van der Waals surface area contributed by atoms with Gasteiger partial charge in [-0.05, 0) is 38.2 Å². The molecule has 0 aromatic rings. The molecule has 0 amide bonds. The highest BCUT2D eigenvalue weighted by Gasteiger charge is 2.02. The van der Waals surface area contributed by atoms with Gasteiger partial charge >= 0.3 is 0 Å². The van der Waals surface area contributed by atoms with Crippen molar-refractivity contribution in [2.75, 3.05) is 0 Å². The second kappa shape index (κ2) is 4.12. The van der Waals surface area contributed by atoms with Crippen LogP contribution in [0.25, 0.3) is 0 Å². The third-order valence-corrected chi connectivity index (χ3v) is 1.95. The molecule has 0 radical (unpaired) electrons. The highest BCUT2D eigenvalue weighted by Crippen LogP contribution is 2.13. The molecule has 1 heteroatoms. The van der Waals surface area contributed by atoms with E-state index in [-0.39, 0.29) is 5.78 Å². The minimum atomic E-state index is 0.219. The fourth-order valence-corrected chi connectivity index (χ4v) is 1.23. The molecule has 1 aliphatic rings. The summed E-state index contributed by atoms with van der Waals surface area (Å²) in [5, 5.41) is 0. The fourth-order valence-electron chi connectivity index (χ4n) is 1.23. The molecule has 0 atom stereocenters. The zero-order valence-electron chi connectivity index (χ0n) is 6.97. The van der Waals surface area contributed by atoms with Gasteiger partial charge in [-0.3, -0.25) is 4.79 Å². The van der Waals surface area contributed by atoms with Gasteiger partial charge in [-0.15, -0.1) is 0 Å². The zero-order chi connectivity index (χ0) is 8.10. The van der Waals surface area contributed by atoms with Crippen LogP contribution >= 0.6 is 0 Å². The molecule has 0 spiro atoms. The van der Waals surface area contributed by atoms with Crippen molar-refractivity contribution in [3.63, 3.8) is 0 Å². The van der Waals surface area contributed by atoms with Gasteiger partial charge in [0, 0.05) is 0 Å². The van der Waals surface area contributed by atoms with Crippen LogP contribution in [0.3, 0.4) is 0 Å². The normalized spacial score (nSPS) is 26.1. The van der Waals surface area contributed by atoms with E-state index in [0.29, 0.717) is 0 Å². The lowest BCUT2D eigenvalue weighted by atomic mass is 10.0. The largest absolute Gasteiger partial charge is 0.295 e. The lowest BCUT2D eigenvalue weighted by Gasteiger charge is -2.03. The van der Waals surface area contributed by atoms with Crippen LogP contribution in [0.2, 0.25) is 0 Å². The molecule has 0 saturated heterocycles. The highest BCUT2D eigenvalue weighted by molar-refractivity contribution is 5.93. The van der Waals surface area contributed by atoms with Crippen LogP contribution in [-0.4, -0.2) is 5.78 Å². The zero-order valence-corrected chi connectivity index (χ0v) is 6.97. The number of hydrogen-bond donors (Lipinski definition) is 0. The first-order chi connectivity index (χ1) is 5.30. The average Bonchev–Trinajstić information content (AvgIpc) is 1.84. The Morgan fingerprint density at radius 1 is 1.45 bits per heavy atom. The number of allylic oxidation sites excluding steroid dienone is 4. The molecule has 0 bridgehead atoms. The van der Waals surface area contributed by atoms with E-state index < -0.39 is 0 Å². The number of hydrogen-bond acceptors (Lipinski definition) is 1. The minimum absolute atomic E-state index is 0.219. The molecule has 1 nitrogen and oxygen atoms in total. The molecular formula is C10H14O. The van der Waals surface area contributed by atoms with Crippen LogP contribution < -0.4 is 0 Å². The predicted molar refractivity (Wildman–Crippen MR) is 46.4 cm³/mol. The SMILES string of the molecule is CC(=O)/C1=C/C=C\CCCC1. The molecule has 0 N–H and O–H groups in total. The maximum atomic E-state index is 11.0. The highest BCUT2D eigenvalue weighted by atomic mass is 16.1. The average molecular weight is 150 g/mol. The second-order valence-corrected chi connectivity index (χ2v) is 2.92. The molecule has 0 unspecified atom stereocenters. The molecule has 0 aromatic carbocycles. The van der Waals surface area contributed by atoms with E-state index in [1.807, 2.05) is 12.2 Å². The smallest absolute Gasteiger partial charge is 0.155 e. The van der Waals surface area contributed by atoms with Crippen molar-refractivity contribution < 1.29 is 4.79 Å². The van der Waals surface area contributed by atoms with Gasteiger partial charge in [0.25, 0.3) is 0 Å². The number of rotatable bonds is 1. The van der Waals surface area contributed by atoms with E-state index in [4.69, 9.17) is 0 Å². The Morgan fingerprint density at radius 3 is 3.00 bits per heavy atom. The van der Waals surface area contributed by atoms with Crippen molar-refractivity contribution >= 4 is 5.78 Å². The summed E-state index contributed by atoms with van der Waals surface area (Å²) in [7, 11) is 0. The van der Waals surface area contributed by atoms with Crippen LogP contribution in [0, 0.1) is 0 Å². The van der Waals surface area contributed by atoms with E-state index in [2.05, 4.69) is 6.08 Å². The standard InChI is InChI=1S/C10H14O/c1-9(11)10-7-5-3-2-4-6-8-10/h3,5,7H,2,4,6,8H2,1H3/b5-3-,10-7+.